The van der Waals surface area contributed by atoms with Gasteiger partial charge in [-0.1, -0.05) is 37.8 Å². The molecule has 5 heteroatoms. The van der Waals surface area contributed by atoms with Crippen LogP contribution in [0.15, 0.2) is 30.3 Å². The van der Waals surface area contributed by atoms with Gasteiger partial charge in [0.15, 0.2) is 0 Å². The quantitative estimate of drug-likeness (QED) is 0.437. The van der Waals surface area contributed by atoms with Crippen LogP contribution in [0, 0.1) is 35.5 Å². The Morgan fingerprint density at radius 3 is 1.96 bits per heavy atom. The minimum Gasteiger partial charge on any atom is -0.361 e. The number of carbonyl (C=O) groups excluding carboxylic acids is 2. The van der Waals surface area contributed by atoms with Crippen LogP contribution in [0.3, 0.4) is 0 Å². The van der Waals surface area contributed by atoms with E-state index >= 15 is 0 Å². The van der Waals surface area contributed by atoms with Crippen molar-refractivity contribution in [2.45, 2.75) is 55.6 Å². The number of fused-ring (bicyclic) bond motifs is 7. The lowest BCUT2D eigenvalue weighted by atomic mass is 9.64. The molecule has 2 aliphatic heterocycles. The van der Waals surface area contributed by atoms with Crippen LogP contribution in [0.4, 0.5) is 5.69 Å². The molecule has 4 nitrogen and oxygen atoms in total. The molecule has 4 aliphatic carbocycles. The highest BCUT2D eigenvalue weighted by molar-refractivity contribution is 6.78. The number of epoxide rings is 1. The Balaban J connectivity index is 1.40. The molecule has 1 aromatic rings. The second-order valence-electron chi connectivity index (χ2n) is 11.2. The van der Waals surface area contributed by atoms with E-state index in [1.807, 2.05) is 30.3 Å². The number of carbonyl (C=O) groups is 2. The lowest BCUT2D eigenvalue weighted by Crippen LogP contribution is -2.46. The highest BCUT2D eigenvalue weighted by Crippen LogP contribution is 2.90. The minimum absolute atomic E-state index is 0.0539. The topological polar surface area (TPSA) is 49.9 Å². The SMILES string of the molecule is C[Si](C)(C)C1[C@H]2[C@@H]3C(=O)N(c4ccccc4)C(=O)[C@@H]3[C@H]1[C@]13O[C@]21[C@H]1CC[C@H]3C1. The van der Waals surface area contributed by atoms with Crippen LogP contribution < -0.4 is 4.90 Å². The molecule has 2 amide bonds. The van der Waals surface area contributed by atoms with Crippen LogP contribution in [-0.4, -0.2) is 31.1 Å². The van der Waals surface area contributed by atoms with E-state index in [9.17, 15) is 9.59 Å². The molecule has 9 atom stereocenters. The third kappa shape index (κ3) is 1.40. The molecule has 6 fully saturated rings. The first kappa shape index (κ1) is 16.3. The summed E-state index contributed by atoms with van der Waals surface area (Å²) in [5, 5.41) is 0. The van der Waals surface area contributed by atoms with Crippen LogP contribution in [0.25, 0.3) is 0 Å². The van der Waals surface area contributed by atoms with Gasteiger partial charge in [0.2, 0.25) is 11.8 Å². The Kier molecular flexibility index (Phi) is 2.62. The van der Waals surface area contributed by atoms with Crippen LogP contribution in [0.1, 0.15) is 19.3 Å². The van der Waals surface area contributed by atoms with E-state index in [1.54, 1.807) is 0 Å². The fourth-order valence-electron chi connectivity index (χ4n) is 9.13. The summed E-state index contributed by atoms with van der Waals surface area (Å²) in [6, 6.07) is 9.55. The fraction of sp³-hybridized carbons (Fsp3) is 0.652. The van der Waals surface area contributed by atoms with E-state index in [0.717, 1.165) is 5.69 Å². The molecular weight excluding hydrogens is 366 g/mol. The average molecular weight is 394 g/mol. The van der Waals surface area contributed by atoms with E-state index < -0.39 is 8.07 Å². The zero-order chi connectivity index (χ0) is 19.2. The Morgan fingerprint density at radius 1 is 0.929 bits per heavy atom. The van der Waals surface area contributed by atoms with E-state index in [-0.39, 0.29) is 46.7 Å². The summed E-state index contributed by atoms with van der Waals surface area (Å²) >= 11 is 0. The first-order valence-electron chi connectivity index (χ1n) is 11.0. The lowest BCUT2D eigenvalue weighted by Gasteiger charge is -2.37. The van der Waals surface area contributed by atoms with Crippen LogP contribution in [-0.2, 0) is 14.3 Å². The van der Waals surface area contributed by atoms with Crippen LogP contribution in [0.5, 0.6) is 0 Å². The number of rotatable bonds is 2. The Labute approximate surface area is 166 Å². The van der Waals surface area contributed by atoms with Gasteiger partial charge >= 0.3 is 0 Å². The zero-order valence-electron chi connectivity index (χ0n) is 16.7. The highest BCUT2D eigenvalue weighted by Gasteiger charge is 2.98. The van der Waals surface area contributed by atoms with Crippen molar-refractivity contribution in [1.82, 2.24) is 0 Å². The first-order valence-corrected chi connectivity index (χ1v) is 14.5. The van der Waals surface area contributed by atoms with Gasteiger partial charge in [0.05, 0.1) is 17.5 Å². The first-order chi connectivity index (χ1) is 13.3. The number of nitrogens with zero attached hydrogens (tertiary/aromatic N) is 1. The molecule has 1 unspecified atom stereocenters. The summed E-state index contributed by atoms with van der Waals surface area (Å²) in [5.41, 5.74) is 1.17. The summed E-state index contributed by atoms with van der Waals surface area (Å²) in [4.78, 5) is 28.9. The van der Waals surface area contributed by atoms with Gasteiger partial charge in [0, 0.05) is 19.9 Å². The summed E-state index contributed by atoms with van der Waals surface area (Å²) in [6.07, 6.45) is 3.79. The maximum atomic E-state index is 13.7. The van der Waals surface area contributed by atoms with E-state index in [2.05, 4.69) is 19.6 Å². The molecule has 4 saturated carbocycles. The smallest absolute Gasteiger partial charge is 0.238 e. The lowest BCUT2D eigenvalue weighted by molar-refractivity contribution is -0.124. The molecule has 7 rings (SSSR count). The molecule has 1 aromatic carbocycles. The summed E-state index contributed by atoms with van der Waals surface area (Å²) in [7, 11) is -1.54. The Morgan fingerprint density at radius 2 is 1.46 bits per heavy atom. The fourth-order valence-corrected chi connectivity index (χ4v) is 12.2. The molecular formula is C23H27NO3Si. The normalized spacial score (nSPS) is 52.2. The maximum absolute atomic E-state index is 13.7. The summed E-state index contributed by atoms with van der Waals surface area (Å²) < 4.78 is 6.74. The van der Waals surface area contributed by atoms with Gasteiger partial charge in [-0.05, 0) is 48.8 Å². The van der Waals surface area contributed by atoms with Gasteiger partial charge in [-0.25, -0.2) is 0 Å². The number of benzene rings is 1. The molecule has 0 spiro atoms. The van der Waals surface area contributed by atoms with Gasteiger partial charge in [0.1, 0.15) is 11.2 Å². The van der Waals surface area contributed by atoms with Crippen molar-refractivity contribution in [3.63, 3.8) is 0 Å². The third-order valence-corrected chi connectivity index (χ3v) is 12.2. The average Bonchev–Trinajstić information content (AvgIpc) is 3.06. The van der Waals surface area contributed by atoms with Crippen LogP contribution >= 0.6 is 0 Å². The number of anilines is 1. The summed E-state index contributed by atoms with van der Waals surface area (Å²) in [5.74, 6) is 1.61. The number of hydrogen-bond donors (Lipinski definition) is 0. The van der Waals surface area contributed by atoms with E-state index in [0.29, 0.717) is 17.4 Å². The molecule has 2 saturated heterocycles. The third-order valence-electron chi connectivity index (χ3n) is 9.50. The molecule has 6 aliphatic rings. The van der Waals surface area contributed by atoms with Gasteiger partial charge in [-0.15, -0.1) is 0 Å². The van der Waals surface area contributed by atoms with Gasteiger partial charge in [0.25, 0.3) is 0 Å². The van der Waals surface area contributed by atoms with Crippen molar-refractivity contribution in [2.75, 3.05) is 4.90 Å². The summed E-state index contributed by atoms with van der Waals surface area (Å²) in [6.45, 7) is 7.33. The standard InChI is InChI=1S/C23H27NO3Si/c1-28(2,3)19-17-15-16(21(26)24(20(15)25)14-7-5-4-6-8-14)18(19)23-13-10-9-12(11-13)22(17,23)27-23/h4-8,12-13,15-19H,9-11H2,1-3H3/t12-,13-,15-,16+,17+,18+,19?,22-,23+/m0/s1. The largest absolute Gasteiger partial charge is 0.361 e. The van der Waals surface area contributed by atoms with E-state index in [4.69, 9.17) is 4.74 Å². The Hall–Kier alpha value is -1.46. The van der Waals surface area contributed by atoms with Crippen molar-refractivity contribution in [2.24, 2.45) is 35.5 Å². The van der Waals surface area contributed by atoms with Crippen molar-refractivity contribution < 1.29 is 14.3 Å². The highest BCUT2D eigenvalue weighted by atomic mass is 28.3. The molecule has 2 heterocycles. The van der Waals surface area contributed by atoms with Crippen molar-refractivity contribution in [3.8, 4) is 0 Å². The molecule has 146 valence electrons. The molecule has 0 radical (unpaired) electrons. The molecule has 0 aromatic heterocycles. The number of hydrogen-bond acceptors (Lipinski definition) is 3. The predicted octanol–water partition coefficient (Wildman–Crippen LogP) is 3.70. The molecule has 4 bridgehead atoms. The number of amides is 2. The molecule has 28 heavy (non-hydrogen) atoms. The number of imide groups is 1. The second-order valence-corrected chi connectivity index (χ2v) is 16.6. The van der Waals surface area contributed by atoms with Gasteiger partial charge in [-0.3, -0.25) is 14.5 Å². The molecule has 0 N–H and O–H groups in total. The number of ether oxygens (including phenoxy) is 1. The van der Waals surface area contributed by atoms with Crippen molar-refractivity contribution in [3.05, 3.63) is 30.3 Å². The van der Waals surface area contributed by atoms with Gasteiger partial charge < -0.3 is 4.74 Å². The van der Waals surface area contributed by atoms with Crippen LogP contribution in [0.2, 0.25) is 25.2 Å². The number of para-hydroxylation sites is 1. The zero-order valence-corrected chi connectivity index (χ0v) is 17.7. The second kappa shape index (κ2) is 4.49. The van der Waals surface area contributed by atoms with E-state index in [1.165, 1.54) is 24.2 Å². The minimum atomic E-state index is -1.54. The van der Waals surface area contributed by atoms with Gasteiger partial charge in [-0.2, -0.15) is 0 Å². The predicted molar refractivity (Wildman–Crippen MR) is 107 cm³/mol. The van der Waals surface area contributed by atoms with Crippen molar-refractivity contribution in [1.29, 1.82) is 0 Å². The van der Waals surface area contributed by atoms with Crippen molar-refractivity contribution >= 4 is 25.6 Å². The maximum Gasteiger partial charge on any atom is 0.238 e. The Bertz CT molecular complexity index is 893. The monoisotopic (exact) mass is 393 g/mol.